The van der Waals surface area contributed by atoms with E-state index in [1.807, 2.05) is 0 Å². The van der Waals surface area contributed by atoms with Crippen molar-refractivity contribution in [2.24, 2.45) is 0 Å². The van der Waals surface area contributed by atoms with Gasteiger partial charge in [0.05, 0.1) is 7.11 Å². The Bertz CT molecular complexity index is 669. The molecule has 4 rings (SSSR count). The van der Waals surface area contributed by atoms with E-state index in [4.69, 9.17) is 4.74 Å². The van der Waals surface area contributed by atoms with E-state index in [-0.39, 0.29) is 0 Å². The van der Waals surface area contributed by atoms with E-state index in [1.165, 1.54) is 56.1 Å². The fraction of sp³-hybridized carbons (Fsp3) is 0.500. The lowest BCUT2D eigenvalue weighted by Crippen LogP contribution is -2.34. The number of nitrogens with one attached hydrogen (secondary N) is 1. The van der Waals surface area contributed by atoms with Gasteiger partial charge in [0.15, 0.2) is 0 Å². The van der Waals surface area contributed by atoms with Crippen LogP contribution >= 0.6 is 0 Å². The predicted molar refractivity (Wildman–Crippen MR) is 110 cm³/mol. The second-order valence-corrected chi connectivity index (χ2v) is 7.50. The third kappa shape index (κ3) is 5.11. The topological polar surface area (TPSA) is 21.3 Å². The van der Waals surface area contributed by atoms with Gasteiger partial charge in [-0.05, 0) is 92.3 Å². The van der Waals surface area contributed by atoms with E-state index in [0.29, 0.717) is 6.04 Å². The van der Waals surface area contributed by atoms with Gasteiger partial charge in [0.2, 0.25) is 0 Å². The highest BCUT2D eigenvalue weighted by Gasteiger charge is 2.18. The molecule has 140 valence electrons. The standard InChI is InChI=1S/C14H21NO.C10H12/c1-3-8-15-13-6-4-11-5-7-14(16-2)10-12(11)9-13;1-2-6-10-8-4-3-7-9(10)5-1/h5,7,10,13,15H,3-4,6,8-9H2,1-2H3;1-2,5-6H,3-4,7-8H2. The zero-order valence-corrected chi connectivity index (χ0v) is 16.4. The first kappa shape index (κ1) is 19.0. The second-order valence-electron chi connectivity index (χ2n) is 7.50. The van der Waals surface area contributed by atoms with E-state index in [0.717, 1.165) is 18.7 Å². The maximum Gasteiger partial charge on any atom is 0.119 e. The average molecular weight is 352 g/mol. The molecule has 0 bridgehead atoms. The van der Waals surface area contributed by atoms with Gasteiger partial charge in [0.1, 0.15) is 5.75 Å². The molecule has 1 N–H and O–H groups in total. The molecule has 1 atom stereocenters. The number of rotatable bonds is 4. The van der Waals surface area contributed by atoms with Crippen LogP contribution in [0.2, 0.25) is 0 Å². The summed E-state index contributed by atoms with van der Waals surface area (Å²) >= 11 is 0. The Morgan fingerprint density at radius 1 is 0.923 bits per heavy atom. The van der Waals surface area contributed by atoms with E-state index >= 15 is 0 Å². The van der Waals surface area contributed by atoms with Gasteiger partial charge in [-0.1, -0.05) is 37.3 Å². The highest BCUT2D eigenvalue weighted by molar-refractivity contribution is 5.37. The summed E-state index contributed by atoms with van der Waals surface area (Å²) in [6.45, 7) is 3.34. The van der Waals surface area contributed by atoms with Gasteiger partial charge in [-0.25, -0.2) is 0 Å². The zero-order valence-electron chi connectivity index (χ0n) is 16.4. The normalized spacial score (nSPS) is 18.2. The summed E-state index contributed by atoms with van der Waals surface area (Å²) in [5.74, 6) is 0.981. The van der Waals surface area contributed by atoms with Gasteiger partial charge in [-0.15, -0.1) is 0 Å². The van der Waals surface area contributed by atoms with Crippen molar-refractivity contribution in [2.75, 3.05) is 13.7 Å². The number of ether oxygens (including phenoxy) is 1. The minimum absolute atomic E-state index is 0.652. The summed E-state index contributed by atoms with van der Waals surface area (Å²) in [4.78, 5) is 0. The predicted octanol–water partition coefficient (Wildman–Crippen LogP) is 5.12. The molecule has 0 aromatic heterocycles. The lowest BCUT2D eigenvalue weighted by atomic mass is 9.88. The Kier molecular flexibility index (Phi) is 7.13. The summed E-state index contributed by atoms with van der Waals surface area (Å²) in [7, 11) is 1.73. The maximum atomic E-state index is 5.28. The maximum absolute atomic E-state index is 5.28. The van der Waals surface area contributed by atoms with Gasteiger partial charge in [-0.2, -0.15) is 0 Å². The molecule has 0 saturated heterocycles. The van der Waals surface area contributed by atoms with Crippen LogP contribution in [0.5, 0.6) is 5.75 Å². The molecule has 2 aromatic carbocycles. The molecule has 2 nitrogen and oxygen atoms in total. The van der Waals surface area contributed by atoms with Crippen molar-refractivity contribution in [3.63, 3.8) is 0 Å². The smallest absolute Gasteiger partial charge is 0.119 e. The lowest BCUT2D eigenvalue weighted by Gasteiger charge is -2.25. The van der Waals surface area contributed by atoms with Crippen molar-refractivity contribution >= 4 is 0 Å². The quantitative estimate of drug-likeness (QED) is 0.826. The van der Waals surface area contributed by atoms with Crippen molar-refractivity contribution in [3.8, 4) is 5.75 Å². The lowest BCUT2D eigenvalue weighted by molar-refractivity contribution is 0.411. The monoisotopic (exact) mass is 351 g/mol. The Labute approximate surface area is 159 Å². The van der Waals surface area contributed by atoms with Crippen LogP contribution in [0.1, 0.15) is 54.9 Å². The van der Waals surface area contributed by atoms with Crippen molar-refractivity contribution in [1.82, 2.24) is 5.32 Å². The third-order valence-corrected chi connectivity index (χ3v) is 5.59. The fourth-order valence-electron chi connectivity index (χ4n) is 4.06. The molecule has 2 heteroatoms. The van der Waals surface area contributed by atoms with E-state index < -0.39 is 0 Å². The molecule has 0 fully saturated rings. The molecule has 0 amide bonds. The highest BCUT2D eigenvalue weighted by Crippen LogP contribution is 2.25. The van der Waals surface area contributed by atoms with Crippen LogP contribution in [0.25, 0.3) is 0 Å². The minimum Gasteiger partial charge on any atom is -0.497 e. The molecule has 2 aromatic rings. The first-order valence-electron chi connectivity index (χ1n) is 10.3. The molecule has 1 unspecified atom stereocenters. The van der Waals surface area contributed by atoms with Crippen LogP contribution in [0.3, 0.4) is 0 Å². The van der Waals surface area contributed by atoms with E-state index in [1.54, 1.807) is 18.2 Å². The molecule has 0 spiro atoms. The highest BCUT2D eigenvalue weighted by atomic mass is 16.5. The van der Waals surface area contributed by atoms with E-state index in [2.05, 4.69) is 54.7 Å². The van der Waals surface area contributed by atoms with Gasteiger partial charge in [0.25, 0.3) is 0 Å². The summed E-state index contributed by atoms with van der Waals surface area (Å²) < 4.78 is 5.28. The fourth-order valence-corrected chi connectivity index (χ4v) is 4.06. The van der Waals surface area contributed by atoms with Crippen LogP contribution in [0.4, 0.5) is 0 Å². The summed E-state index contributed by atoms with van der Waals surface area (Å²) in [6.07, 6.45) is 10.2. The number of benzene rings is 2. The molecule has 2 aliphatic carbocycles. The molecule has 0 aliphatic heterocycles. The van der Waals surface area contributed by atoms with Crippen LogP contribution in [-0.2, 0) is 25.7 Å². The SMILES string of the molecule is CCCNC1CCc2ccc(OC)cc2C1.c1ccc2c(c1)CCCC2. The third-order valence-electron chi connectivity index (χ3n) is 5.59. The van der Waals surface area contributed by atoms with Crippen molar-refractivity contribution in [2.45, 2.75) is 64.3 Å². The van der Waals surface area contributed by atoms with E-state index in [9.17, 15) is 0 Å². The molecular weight excluding hydrogens is 318 g/mol. The molecule has 0 heterocycles. The summed E-state index contributed by atoms with van der Waals surface area (Å²) in [5.41, 5.74) is 6.11. The van der Waals surface area contributed by atoms with Crippen LogP contribution in [0.15, 0.2) is 42.5 Å². The number of hydrogen-bond donors (Lipinski definition) is 1. The second kappa shape index (κ2) is 9.78. The molecule has 26 heavy (non-hydrogen) atoms. The minimum atomic E-state index is 0.652. The molecule has 2 aliphatic rings. The largest absolute Gasteiger partial charge is 0.497 e. The Hall–Kier alpha value is -1.80. The van der Waals surface area contributed by atoms with Crippen molar-refractivity contribution < 1.29 is 4.74 Å². The Balaban J connectivity index is 0.000000167. The zero-order chi connectivity index (χ0) is 18.2. The Morgan fingerprint density at radius 2 is 1.62 bits per heavy atom. The number of fused-ring (bicyclic) bond motifs is 2. The number of methoxy groups -OCH3 is 1. The molecular formula is C24H33NO. The van der Waals surface area contributed by atoms with Crippen molar-refractivity contribution in [3.05, 3.63) is 64.7 Å². The van der Waals surface area contributed by atoms with Crippen LogP contribution in [-0.4, -0.2) is 19.7 Å². The first-order valence-corrected chi connectivity index (χ1v) is 10.3. The Morgan fingerprint density at radius 3 is 2.27 bits per heavy atom. The van der Waals surface area contributed by atoms with Gasteiger partial charge in [-0.3, -0.25) is 0 Å². The number of aryl methyl sites for hydroxylation is 3. The molecule has 0 saturated carbocycles. The van der Waals surface area contributed by atoms with Gasteiger partial charge in [0, 0.05) is 6.04 Å². The van der Waals surface area contributed by atoms with Crippen LogP contribution in [0, 0.1) is 0 Å². The van der Waals surface area contributed by atoms with Gasteiger partial charge >= 0.3 is 0 Å². The van der Waals surface area contributed by atoms with Gasteiger partial charge < -0.3 is 10.1 Å². The first-order chi connectivity index (χ1) is 12.8. The summed E-state index contributed by atoms with van der Waals surface area (Å²) in [6, 6.07) is 15.9. The molecule has 0 radical (unpaired) electrons. The number of hydrogen-bond acceptors (Lipinski definition) is 2. The van der Waals surface area contributed by atoms with Crippen molar-refractivity contribution in [1.29, 1.82) is 0 Å². The average Bonchev–Trinajstić information content (AvgIpc) is 2.72. The summed E-state index contributed by atoms with van der Waals surface area (Å²) in [5, 5.41) is 3.61. The van der Waals surface area contributed by atoms with Crippen LogP contribution < -0.4 is 10.1 Å².